The molecular formula is C16H21ClF3N. The Labute approximate surface area is 129 Å². The number of hydrogen-bond acceptors (Lipinski definition) is 1. The average Bonchev–Trinajstić information content (AvgIpc) is 2.74. The van der Waals surface area contributed by atoms with Crippen LogP contribution in [0.1, 0.15) is 49.7 Å². The van der Waals surface area contributed by atoms with Crippen molar-refractivity contribution >= 4 is 17.3 Å². The predicted octanol–water partition coefficient (Wildman–Crippen LogP) is 5.60. The van der Waals surface area contributed by atoms with Crippen LogP contribution < -0.4 is 4.90 Å². The van der Waals surface area contributed by atoms with E-state index >= 15 is 0 Å². The van der Waals surface area contributed by atoms with Crippen LogP contribution in [0, 0.1) is 0 Å². The van der Waals surface area contributed by atoms with Gasteiger partial charge in [0, 0.05) is 24.7 Å². The summed E-state index contributed by atoms with van der Waals surface area (Å²) >= 11 is 5.63. The highest BCUT2D eigenvalue weighted by Gasteiger charge is 2.34. The largest absolute Gasteiger partial charge is 0.416 e. The van der Waals surface area contributed by atoms with E-state index in [-0.39, 0.29) is 11.4 Å². The van der Waals surface area contributed by atoms with Crippen LogP contribution in [0.5, 0.6) is 0 Å². The fourth-order valence-electron chi connectivity index (χ4n) is 3.02. The summed E-state index contributed by atoms with van der Waals surface area (Å²) in [5, 5.41) is 0. The van der Waals surface area contributed by atoms with Crippen LogP contribution in [-0.4, -0.2) is 13.1 Å². The van der Waals surface area contributed by atoms with E-state index in [1.165, 1.54) is 25.0 Å². The fraction of sp³-hybridized carbons (Fsp3) is 0.625. The van der Waals surface area contributed by atoms with Crippen LogP contribution in [0.3, 0.4) is 0 Å². The molecule has 21 heavy (non-hydrogen) atoms. The van der Waals surface area contributed by atoms with E-state index in [1.807, 2.05) is 11.9 Å². The first-order valence-electron chi connectivity index (χ1n) is 7.42. The van der Waals surface area contributed by atoms with Crippen LogP contribution in [0.15, 0.2) is 18.2 Å². The molecular weight excluding hydrogens is 299 g/mol. The molecule has 1 aromatic carbocycles. The van der Waals surface area contributed by atoms with Crippen LogP contribution >= 0.6 is 11.6 Å². The minimum atomic E-state index is -4.36. The van der Waals surface area contributed by atoms with Crippen LogP contribution in [0.4, 0.5) is 18.9 Å². The Kier molecular flexibility index (Phi) is 5.42. The number of anilines is 1. The lowest BCUT2D eigenvalue weighted by Crippen LogP contribution is -2.31. The number of nitrogens with zero attached hydrogens (tertiary/aromatic N) is 1. The SMILES string of the molecule is CN(c1ccc(CCl)c(C(F)(F)F)c1)C1CCCCCC1. The molecule has 1 aliphatic rings. The third-order valence-corrected chi connectivity index (χ3v) is 4.61. The summed E-state index contributed by atoms with van der Waals surface area (Å²) in [6.45, 7) is 0. The summed E-state index contributed by atoms with van der Waals surface area (Å²) < 4.78 is 39.3. The molecule has 0 amide bonds. The summed E-state index contributed by atoms with van der Waals surface area (Å²) in [5.74, 6) is -0.123. The van der Waals surface area contributed by atoms with Gasteiger partial charge >= 0.3 is 6.18 Å². The number of benzene rings is 1. The molecule has 1 nitrogen and oxygen atoms in total. The maximum absolute atomic E-state index is 13.1. The van der Waals surface area contributed by atoms with E-state index in [0.717, 1.165) is 25.7 Å². The first-order chi connectivity index (χ1) is 9.93. The van der Waals surface area contributed by atoms with Crippen LogP contribution in [-0.2, 0) is 12.1 Å². The van der Waals surface area contributed by atoms with E-state index in [4.69, 9.17) is 11.6 Å². The molecule has 0 heterocycles. The van der Waals surface area contributed by atoms with E-state index in [2.05, 4.69) is 0 Å². The molecule has 5 heteroatoms. The van der Waals surface area contributed by atoms with Gasteiger partial charge < -0.3 is 4.90 Å². The molecule has 0 N–H and O–H groups in total. The molecule has 1 saturated carbocycles. The van der Waals surface area contributed by atoms with Gasteiger partial charge in [-0.25, -0.2) is 0 Å². The molecule has 0 atom stereocenters. The Hall–Kier alpha value is -0.900. The Morgan fingerprint density at radius 3 is 2.29 bits per heavy atom. The van der Waals surface area contributed by atoms with Crippen LogP contribution in [0.25, 0.3) is 0 Å². The number of halogens is 4. The van der Waals surface area contributed by atoms with Gasteiger partial charge in [-0.1, -0.05) is 31.7 Å². The molecule has 0 aliphatic heterocycles. The third kappa shape index (κ3) is 4.06. The average molecular weight is 320 g/mol. The second-order valence-electron chi connectivity index (χ2n) is 5.73. The van der Waals surface area contributed by atoms with Crippen molar-refractivity contribution in [1.29, 1.82) is 0 Å². The van der Waals surface area contributed by atoms with E-state index < -0.39 is 11.7 Å². The van der Waals surface area contributed by atoms with Gasteiger partial charge in [0.05, 0.1) is 5.56 Å². The normalized spacial score (nSPS) is 17.6. The van der Waals surface area contributed by atoms with Crippen molar-refractivity contribution in [3.63, 3.8) is 0 Å². The molecule has 0 radical (unpaired) electrons. The zero-order chi connectivity index (χ0) is 15.5. The Bertz CT molecular complexity index is 465. The summed E-state index contributed by atoms with van der Waals surface area (Å²) in [5.41, 5.74) is 0.153. The Balaban J connectivity index is 2.26. The second-order valence-corrected chi connectivity index (χ2v) is 6.00. The van der Waals surface area contributed by atoms with Crippen molar-refractivity contribution in [2.24, 2.45) is 0 Å². The van der Waals surface area contributed by atoms with Crippen molar-refractivity contribution in [1.82, 2.24) is 0 Å². The van der Waals surface area contributed by atoms with Crippen molar-refractivity contribution in [3.8, 4) is 0 Å². The number of hydrogen-bond donors (Lipinski definition) is 0. The molecule has 1 fully saturated rings. The molecule has 0 bridgehead atoms. The zero-order valence-electron chi connectivity index (χ0n) is 12.2. The molecule has 0 aromatic heterocycles. The topological polar surface area (TPSA) is 3.24 Å². The first-order valence-corrected chi connectivity index (χ1v) is 7.96. The van der Waals surface area contributed by atoms with Gasteiger partial charge in [0.2, 0.25) is 0 Å². The van der Waals surface area contributed by atoms with E-state index in [1.54, 1.807) is 6.07 Å². The molecule has 0 saturated heterocycles. The van der Waals surface area contributed by atoms with Gasteiger partial charge in [-0.05, 0) is 30.5 Å². The smallest absolute Gasteiger partial charge is 0.372 e. The Morgan fingerprint density at radius 1 is 1.14 bits per heavy atom. The highest BCUT2D eigenvalue weighted by Crippen LogP contribution is 2.36. The number of alkyl halides is 4. The minimum absolute atomic E-state index is 0.123. The predicted molar refractivity (Wildman–Crippen MR) is 80.9 cm³/mol. The minimum Gasteiger partial charge on any atom is -0.372 e. The monoisotopic (exact) mass is 319 g/mol. The van der Waals surface area contributed by atoms with Crippen molar-refractivity contribution in [3.05, 3.63) is 29.3 Å². The summed E-state index contributed by atoms with van der Waals surface area (Å²) in [6, 6.07) is 4.81. The highest BCUT2D eigenvalue weighted by molar-refractivity contribution is 6.17. The first kappa shape index (κ1) is 16.5. The lowest BCUT2D eigenvalue weighted by atomic mass is 10.0. The van der Waals surface area contributed by atoms with Crippen molar-refractivity contribution in [2.45, 2.75) is 56.6 Å². The standard InChI is InChI=1S/C16H21ClF3N/c1-21(13-6-4-2-3-5-7-13)14-9-8-12(11-17)15(10-14)16(18,19)20/h8-10,13H,2-7,11H2,1H3. The van der Waals surface area contributed by atoms with Gasteiger partial charge in [-0.3, -0.25) is 0 Å². The van der Waals surface area contributed by atoms with E-state index in [9.17, 15) is 13.2 Å². The third-order valence-electron chi connectivity index (χ3n) is 4.32. The molecule has 1 aliphatic carbocycles. The van der Waals surface area contributed by atoms with Crippen molar-refractivity contribution < 1.29 is 13.2 Å². The fourth-order valence-corrected chi connectivity index (χ4v) is 3.25. The van der Waals surface area contributed by atoms with E-state index in [0.29, 0.717) is 11.7 Å². The molecule has 0 spiro atoms. The number of rotatable bonds is 3. The van der Waals surface area contributed by atoms with Gasteiger partial charge in [-0.2, -0.15) is 13.2 Å². The molecule has 118 valence electrons. The molecule has 1 aromatic rings. The van der Waals surface area contributed by atoms with Crippen molar-refractivity contribution in [2.75, 3.05) is 11.9 Å². The van der Waals surface area contributed by atoms with Gasteiger partial charge in [0.15, 0.2) is 0 Å². The van der Waals surface area contributed by atoms with Gasteiger partial charge in [-0.15, -0.1) is 11.6 Å². The molecule has 2 rings (SSSR count). The summed E-state index contributed by atoms with van der Waals surface area (Å²) in [6.07, 6.45) is 2.50. The second kappa shape index (κ2) is 6.91. The lowest BCUT2D eigenvalue weighted by Gasteiger charge is -2.30. The highest BCUT2D eigenvalue weighted by atomic mass is 35.5. The van der Waals surface area contributed by atoms with Gasteiger partial charge in [0.1, 0.15) is 0 Å². The Morgan fingerprint density at radius 2 is 1.76 bits per heavy atom. The maximum Gasteiger partial charge on any atom is 0.416 e. The molecule has 0 unspecified atom stereocenters. The summed E-state index contributed by atoms with van der Waals surface area (Å²) in [4.78, 5) is 2.00. The lowest BCUT2D eigenvalue weighted by molar-refractivity contribution is -0.138. The van der Waals surface area contributed by atoms with Gasteiger partial charge in [0.25, 0.3) is 0 Å². The maximum atomic E-state index is 13.1. The summed E-state index contributed by atoms with van der Waals surface area (Å²) in [7, 11) is 1.89. The zero-order valence-corrected chi connectivity index (χ0v) is 13.0. The quantitative estimate of drug-likeness (QED) is 0.517. The van der Waals surface area contributed by atoms with Crippen LogP contribution in [0.2, 0.25) is 0 Å².